The number of nitrogens with one attached hydrogen (secondary N) is 1. The monoisotopic (exact) mass is 234 g/mol. The number of aromatic nitrogens is 1. The van der Waals surface area contributed by atoms with Gasteiger partial charge in [0.25, 0.3) is 0 Å². The molecule has 1 heterocycles. The van der Waals surface area contributed by atoms with Crippen molar-refractivity contribution in [1.82, 2.24) is 4.98 Å². The summed E-state index contributed by atoms with van der Waals surface area (Å²) in [6.45, 7) is 0. The van der Waals surface area contributed by atoms with Gasteiger partial charge in [0.15, 0.2) is 0 Å². The molecule has 2 N–H and O–H groups in total. The molecule has 0 saturated heterocycles. The maximum atomic E-state index is 11.8. The number of amides is 1. The summed E-state index contributed by atoms with van der Waals surface area (Å²) in [7, 11) is 0. The van der Waals surface area contributed by atoms with Gasteiger partial charge in [0.1, 0.15) is 0 Å². The average Bonchev–Trinajstić information content (AvgIpc) is 2.16. The van der Waals surface area contributed by atoms with Crippen LogP contribution in [0.2, 0.25) is 0 Å². The summed E-state index contributed by atoms with van der Waals surface area (Å²) in [4.78, 5) is 24.3. The molecule has 0 aromatic carbocycles. The highest BCUT2D eigenvalue weighted by atomic mass is 19.4. The number of carbonyl (C=O) groups excluding carboxylic acids is 1. The smallest absolute Gasteiger partial charge is 0.471 e. The van der Waals surface area contributed by atoms with E-state index < -0.39 is 18.1 Å². The molecule has 0 aliphatic heterocycles. The molecule has 0 unspecified atom stereocenters. The summed E-state index contributed by atoms with van der Waals surface area (Å²) in [6.07, 6.45) is -3.17. The van der Waals surface area contributed by atoms with Crippen molar-refractivity contribution in [2.45, 2.75) is 6.18 Å². The Bertz CT molecular complexity index is 431. The lowest BCUT2D eigenvalue weighted by atomic mass is 10.2. The Kier molecular flexibility index (Phi) is 3.11. The predicted octanol–water partition coefficient (Wildman–Crippen LogP) is 1.28. The van der Waals surface area contributed by atoms with Crippen molar-refractivity contribution in [2.24, 2.45) is 0 Å². The van der Waals surface area contributed by atoms with Crippen molar-refractivity contribution in [2.75, 3.05) is 5.32 Å². The standard InChI is InChI=1S/C8H5F3N2O3/c9-8(10,11)7(16)13-5-1-4(6(14)15)2-12-3-5/h1-3H,(H,13,16)(H,14,15). The quantitative estimate of drug-likeness (QED) is 0.807. The Morgan fingerprint density at radius 1 is 1.31 bits per heavy atom. The van der Waals surface area contributed by atoms with Crippen LogP contribution in [0, 0.1) is 0 Å². The molecule has 0 saturated carbocycles. The minimum atomic E-state index is -5.03. The number of halogens is 3. The molecule has 1 aromatic rings. The number of hydrogen-bond acceptors (Lipinski definition) is 3. The normalized spacial score (nSPS) is 10.9. The minimum absolute atomic E-state index is 0.319. The van der Waals surface area contributed by atoms with Crippen molar-refractivity contribution < 1.29 is 27.9 Å². The molecule has 0 fully saturated rings. The van der Waals surface area contributed by atoms with Crippen LogP contribution in [0.1, 0.15) is 10.4 Å². The summed E-state index contributed by atoms with van der Waals surface area (Å²) >= 11 is 0. The molecule has 0 radical (unpaired) electrons. The van der Waals surface area contributed by atoms with Crippen molar-refractivity contribution in [3.05, 3.63) is 24.0 Å². The highest BCUT2D eigenvalue weighted by Crippen LogP contribution is 2.18. The molecule has 1 aromatic heterocycles. The van der Waals surface area contributed by atoms with Gasteiger partial charge in [-0.1, -0.05) is 0 Å². The number of alkyl halides is 3. The molecule has 1 rings (SSSR count). The number of carboxylic acid groups (broad SMARTS) is 1. The van der Waals surface area contributed by atoms with E-state index in [1.807, 2.05) is 0 Å². The van der Waals surface area contributed by atoms with Gasteiger partial charge in [0, 0.05) is 6.20 Å². The van der Waals surface area contributed by atoms with E-state index in [0.717, 1.165) is 18.5 Å². The zero-order valence-electron chi connectivity index (χ0n) is 7.58. The number of carbonyl (C=O) groups is 2. The molecule has 8 heteroatoms. The third-order valence-corrected chi connectivity index (χ3v) is 1.50. The summed E-state index contributed by atoms with van der Waals surface area (Å²) < 4.78 is 35.5. The molecule has 86 valence electrons. The number of anilines is 1. The second-order valence-corrected chi connectivity index (χ2v) is 2.72. The Balaban J connectivity index is 2.87. The zero-order valence-corrected chi connectivity index (χ0v) is 7.58. The molecule has 0 atom stereocenters. The highest BCUT2D eigenvalue weighted by molar-refractivity contribution is 5.96. The molecule has 0 bridgehead atoms. The second kappa shape index (κ2) is 4.17. The molecule has 0 spiro atoms. The SMILES string of the molecule is O=C(O)c1cncc(NC(=O)C(F)(F)F)c1. The first kappa shape index (κ1) is 12.0. The van der Waals surface area contributed by atoms with Crippen LogP contribution in [-0.2, 0) is 4.79 Å². The van der Waals surface area contributed by atoms with Gasteiger partial charge < -0.3 is 10.4 Å². The number of rotatable bonds is 2. The fourth-order valence-electron chi connectivity index (χ4n) is 0.827. The Labute approximate surface area is 86.9 Å². The lowest BCUT2D eigenvalue weighted by Crippen LogP contribution is -2.30. The number of hydrogen-bond donors (Lipinski definition) is 2. The topological polar surface area (TPSA) is 79.3 Å². The lowest BCUT2D eigenvalue weighted by Gasteiger charge is -2.07. The van der Waals surface area contributed by atoms with E-state index in [2.05, 4.69) is 4.98 Å². The molecule has 16 heavy (non-hydrogen) atoms. The van der Waals surface area contributed by atoms with Gasteiger partial charge >= 0.3 is 18.1 Å². The lowest BCUT2D eigenvalue weighted by molar-refractivity contribution is -0.167. The number of pyridine rings is 1. The number of nitrogens with zero attached hydrogens (tertiary/aromatic N) is 1. The molecule has 5 nitrogen and oxygen atoms in total. The van der Waals surface area contributed by atoms with Gasteiger partial charge in [-0.15, -0.1) is 0 Å². The van der Waals surface area contributed by atoms with Crippen molar-refractivity contribution in [1.29, 1.82) is 0 Å². The fourth-order valence-corrected chi connectivity index (χ4v) is 0.827. The minimum Gasteiger partial charge on any atom is -0.478 e. The van der Waals surface area contributed by atoms with E-state index in [-0.39, 0.29) is 11.3 Å². The summed E-state index contributed by atoms with van der Waals surface area (Å²) in [5.41, 5.74) is -0.651. The van der Waals surface area contributed by atoms with Gasteiger partial charge in [0.2, 0.25) is 0 Å². The zero-order chi connectivity index (χ0) is 12.3. The molecule has 0 aliphatic carbocycles. The van der Waals surface area contributed by atoms with E-state index >= 15 is 0 Å². The van der Waals surface area contributed by atoms with Crippen LogP contribution in [0.15, 0.2) is 18.5 Å². The average molecular weight is 234 g/mol. The molecular weight excluding hydrogens is 229 g/mol. The predicted molar refractivity (Wildman–Crippen MR) is 45.9 cm³/mol. The van der Waals surface area contributed by atoms with Gasteiger partial charge in [-0.05, 0) is 6.07 Å². The van der Waals surface area contributed by atoms with E-state index in [4.69, 9.17) is 5.11 Å². The van der Waals surface area contributed by atoms with E-state index in [0.29, 0.717) is 0 Å². The van der Waals surface area contributed by atoms with Crippen LogP contribution in [0.5, 0.6) is 0 Å². The maximum absolute atomic E-state index is 11.8. The van der Waals surface area contributed by atoms with E-state index in [1.54, 1.807) is 0 Å². The van der Waals surface area contributed by atoms with Crippen LogP contribution < -0.4 is 5.32 Å². The van der Waals surface area contributed by atoms with E-state index in [1.165, 1.54) is 5.32 Å². The van der Waals surface area contributed by atoms with Crippen molar-refractivity contribution in [3.63, 3.8) is 0 Å². The van der Waals surface area contributed by atoms with Crippen LogP contribution >= 0.6 is 0 Å². The van der Waals surface area contributed by atoms with Crippen molar-refractivity contribution in [3.8, 4) is 0 Å². The Morgan fingerprint density at radius 2 is 1.94 bits per heavy atom. The summed E-state index contributed by atoms with van der Waals surface area (Å²) in [6, 6.07) is 0.874. The fraction of sp³-hybridized carbons (Fsp3) is 0.125. The first-order valence-electron chi connectivity index (χ1n) is 3.87. The van der Waals surface area contributed by atoms with Crippen LogP contribution in [-0.4, -0.2) is 28.1 Å². The van der Waals surface area contributed by atoms with Gasteiger partial charge in [-0.3, -0.25) is 9.78 Å². The molecule has 0 aliphatic rings. The first-order chi connectivity index (χ1) is 7.30. The first-order valence-corrected chi connectivity index (χ1v) is 3.87. The van der Waals surface area contributed by atoms with Gasteiger partial charge in [-0.25, -0.2) is 4.79 Å². The Morgan fingerprint density at radius 3 is 2.44 bits per heavy atom. The third-order valence-electron chi connectivity index (χ3n) is 1.50. The summed E-state index contributed by atoms with van der Waals surface area (Å²) in [5.74, 6) is -3.53. The van der Waals surface area contributed by atoms with Crippen LogP contribution in [0.4, 0.5) is 18.9 Å². The van der Waals surface area contributed by atoms with Gasteiger partial charge in [-0.2, -0.15) is 13.2 Å². The maximum Gasteiger partial charge on any atom is 0.471 e. The second-order valence-electron chi connectivity index (χ2n) is 2.72. The number of carboxylic acids is 1. The van der Waals surface area contributed by atoms with Crippen LogP contribution in [0.3, 0.4) is 0 Å². The van der Waals surface area contributed by atoms with Gasteiger partial charge in [0.05, 0.1) is 17.4 Å². The summed E-state index contributed by atoms with van der Waals surface area (Å²) in [5, 5.41) is 10.0. The molecule has 1 amide bonds. The van der Waals surface area contributed by atoms with Crippen LogP contribution in [0.25, 0.3) is 0 Å². The Hall–Kier alpha value is -2.12. The van der Waals surface area contributed by atoms with E-state index in [9.17, 15) is 22.8 Å². The third kappa shape index (κ3) is 2.94. The number of aromatic carboxylic acids is 1. The highest BCUT2D eigenvalue weighted by Gasteiger charge is 2.38. The van der Waals surface area contributed by atoms with Crippen molar-refractivity contribution >= 4 is 17.6 Å². The molecular formula is C8H5F3N2O3. The largest absolute Gasteiger partial charge is 0.478 e.